The number of ether oxygens (including phenoxy) is 3. The lowest BCUT2D eigenvalue weighted by Gasteiger charge is -2.38. The molecule has 0 aromatic carbocycles. The fraction of sp³-hybridized carbons (Fsp3) is 1.00. The molecule has 0 aliphatic heterocycles. The maximum atomic E-state index is 6.03. The van der Waals surface area contributed by atoms with Crippen molar-refractivity contribution in [1.82, 2.24) is 0 Å². The van der Waals surface area contributed by atoms with E-state index in [2.05, 4.69) is 20.8 Å². The van der Waals surface area contributed by atoms with Gasteiger partial charge < -0.3 is 14.2 Å². The third-order valence-electron chi connectivity index (χ3n) is 4.18. The van der Waals surface area contributed by atoms with Gasteiger partial charge in [0.2, 0.25) is 0 Å². The number of hydrogen-bond donors (Lipinski definition) is 0. The SMILES string of the molecule is CCCCCCCCC(CCC)C(OC)(OCC)OCCC. The first-order valence-electron chi connectivity index (χ1n) is 9.53. The van der Waals surface area contributed by atoms with Crippen LogP contribution in [0.15, 0.2) is 0 Å². The lowest BCUT2D eigenvalue weighted by atomic mass is 9.93. The van der Waals surface area contributed by atoms with E-state index in [1.165, 1.54) is 38.5 Å². The van der Waals surface area contributed by atoms with Gasteiger partial charge in [-0.2, -0.15) is 0 Å². The zero-order chi connectivity index (χ0) is 16.7. The van der Waals surface area contributed by atoms with Crippen LogP contribution < -0.4 is 0 Å². The fourth-order valence-electron chi connectivity index (χ4n) is 3.02. The van der Waals surface area contributed by atoms with Crippen LogP contribution in [0.25, 0.3) is 0 Å². The summed E-state index contributed by atoms with van der Waals surface area (Å²) in [5.41, 5.74) is 0. The van der Waals surface area contributed by atoms with E-state index in [1.807, 2.05) is 6.92 Å². The van der Waals surface area contributed by atoms with Gasteiger partial charge in [0.1, 0.15) is 0 Å². The summed E-state index contributed by atoms with van der Waals surface area (Å²) < 4.78 is 17.7. The first-order valence-corrected chi connectivity index (χ1v) is 9.53. The van der Waals surface area contributed by atoms with Crippen molar-refractivity contribution >= 4 is 0 Å². The molecule has 0 amide bonds. The van der Waals surface area contributed by atoms with Crippen LogP contribution in [0.3, 0.4) is 0 Å². The molecule has 0 saturated carbocycles. The lowest BCUT2D eigenvalue weighted by molar-refractivity contribution is -0.397. The average Bonchev–Trinajstić information content (AvgIpc) is 2.54. The molecule has 0 aliphatic rings. The van der Waals surface area contributed by atoms with Crippen LogP contribution >= 0.6 is 0 Å². The molecule has 3 heteroatoms. The highest BCUT2D eigenvalue weighted by molar-refractivity contribution is 4.72. The van der Waals surface area contributed by atoms with Crippen molar-refractivity contribution in [1.29, 1.82) is 0 Å². The summed E-state index contributed by atoms with van der Waals surface area (Å²) in [4.78, 5) is 0. The molecule has 134 valence electrons. The second-order valence-corrected chi connectivity index (χ2v) is 6.13. The summed E-state index contributed by atoms with van der Waals surface area (Å²) in [5.74, 6) is -0.523. The maximum absolute atomic E-state index is 6.03. The van der Waals surface area contributed by atoms with E-state index in [0.717, 1.165) is 25.7 Å². The van der Waals surface area contributed by atoms with Crippen LogP contribution in [0.5, 0.6) is 0 Å². The Kier molecular flexibility index (Phi) is 14.4. The van der Waals surface area contributed by atoms with E-state index in [4.69, 9.17) is 14.2 Å². The monoisotopic (exact) mass is 316 g/mol. The zero-order valence-corrected chi connectivity index (χ0v) is 15.8. The van der Waals surface area contributed by atoms with Crippen molar-refractivity contribution in [3.05, 3.63) is 0 Å². The topological polar surface area (TPSA) is 27.7 Å². The Labute approximate surface area is 139 Å². The van der Waals surface area contributed by atoms with E-state index < -0.39 is 5.97 Å². The molecule has 2 atom stereocenters. The van der Waals surface area contributed by atoms with Gasteiger partial charge in [0.25, 0.3) is 5.97 Å². The molecule has 0 heterocycles. The molecule has 0 aromatic rings. The predicted octanol–water partition coefficient (Wildman–Crippen LogP) is 5.92. The average molecular weight is 317 g/mol. The third-order valence-corrected chi connectivity index (χ3v) is 4.18. The Bertz CT molecular complexity index is 233. The van der Waals surface area contributed by atoms with Crippen molar-refractivity contribution in [2.24, 2.45) is 5.92 Å². The largest absolute Gasteiger partial charge is 0.331 e. The van der Waals surface area contributed by atoms with E-state index in [9.17, 15) is 0 Å². The van der Waals surface area contributed by atoms with Crippen molar-refractivity contribution in [2.45, 2.75) is 97.9 Å². The number of rotatable bonds is 16. The quantitative estimate of drug-likeness (QED) is 0.261. The molecule has 0 saturated heterocycles. The smallest absolute Gasteiger partial charge is 0.285 e. The highest BCUT2D eigenvalue weighted by Crippen LogP contribution is 2.33. The summed E-state index contributed by atoms with van der Waals surface area (Å²) >= 11 is 0. The third kappa shape index (κ3) is 8.50. The predicted molar refractivity (Wildman–Crippen MR) is 94.0 cm³/mol. The maximum Gasteiger partial charge on any atom is 0.285 e. The van der Waals surface area contributed by atoms with Gasteiger partial charge in [-0.15, -0.1) is 0 Å². The highest BCUT2D eigenvalue weighted by atomic mass is 16.9. The summed E-state index contributed by atoms with van der Waals surface area (Å²) in [5, 5.41) is 0. The van der Waals surface area contributed by atoms with Crippen LogP contribution in [-0.2, 0) is 14.2 Å². The van der Waals surface area contributed by atoms with E-state index in [1.54, 1.807) is 7.11 Å². The fourth-order valence-corrected chi connectivity index (χ4v) is 3.02. The lowest BCUT2D eigenvalue weighted by Crippen LogP contribution is -2.46. The van der Waals surface area contributed by atoms with Gasteiger partial charge in [0.05, 0.1) is 6.61 Å². The Morgan fingerprint density at radius 2 is 1.41 bits per heavy atom. The molecule has 0 spiro atoms. The van der Waals surface area contributed by atoms with Crippen molar-refractivity contribution in [3.8, 4) is 0 Å². The van der Waals surface area contributed by atoms with Crippen molar-refractivity contribution in [3.63, 3.8) is 0 Å². The molecular formula is C19H40O3. The Morgan fingerprint density at radius 1 is 0.727 bits per heavy atom. The van der Waals surface area contributed by atoms with Crippen LogP contribution in [0.2, 0.25) is 0 Å². The van der Waals surface area contributed by atoms with Gasteiger partial charge in [0, 0.05) is 19.6 Å². The molecule has 0 bridgehead atoms. The minimum absolute atomic E-state index is 0.320. The van der Waals surface area contributed by atoms with Gasteiger partial charge in [-0.3, -0.25) is 0 Å². The Balaban J connectivity index is 4.52. The van der Waals surface area contributed by atoms with Gasteiger partial charge in [0.15, 0.2) is 0 Å². The molecular weight excluding hydrogens is 276 g/mol. The molecule has 22 heavy (non-hydrogen) atoms. The molecule has 0 N–H and O–H groups in total. The zero-order valence-electron chi connectivity index (χ0n) is 15.8. The first kappa shape index (κ1) is 21.9. The number of unbranched alkanes of at least 4 members (excludes halogenated alkanes) is 5. The van der Waals surface area contributed by atoms with Crippen LogP contribution in [0, 0.1) is 5.92 Å². The molecule has 0 fully saturated rings. The van der Waals surface area contributed by atoms with Crippen LogP contribution in [0.4, 0.5) is 0 Å². The Morgan fingerprint density at radius 3 is 1.95 bits per heavy atom. The molecule has 0 rings (SSSR count). The summed E-state index contributed by atoms with van der Waals surface area (Å²) in [6.07, 6.45) is 12.2. The second-order valence-electron chi connectivity index (χ2n) is 6.13. The molecule has 3 nitrogen and oxygen atoms in total. The van der Waals surface area contributed by atoms with E-state index in [0.29, 0.717) is 19.1 Å². The first-order chi connectivity index (χ1) is 10.7. The molecule has 0 aromatic heterocycles. The molecule has 0 aliphatic carbocycles. The number of methoxy groups -OCH3 is 1. The minimum Gasteiger partial charge on any atom is -0.331 e. The van der Waals surface area contributed by atoms with E-state index >= 15 is 0 Å². The highest BCUT2D eigenvalue weighted by Gasteiger charge is 2.40. The van der Waals surface area contributed by atoms with Gasteiger partial charge in [-0.25, -0.2) is 0 Å². The van der Waals surface area contributed by atoms with E-state index in [-0.39, 0.29) is 0 Å². The number of hydrogen-bond acceptors (Lipinski definition) is 3. The standard InChI is InChI=1S/C19H40O3/c1-6-10-11-12-13-14-16-18(15-7-2)19(20-5,21-9-4)22-17-8-3/h18H,6-17H2,1-5H3. The van der Waals surface area contributed by atoms with Crippen LogP contribution in [0.1, 0.15) is 91.9 Å². The summed E-state index contributed by atoms with van der Waals surface area (Å²) in [7, 11) is 1.72. The van der Waals surface area contributed by atoms with Crippen molar-refractivity contribution in [2.75, 3.05) is 20.3 Å². The normalized spacial score (nSPS) is 15.7. The van der Waals surface area contributed by atoms with Crippen LogP contribution in [-0.4, -0.2) is 26.3 Å². The summed E-state index contributed by atoms with van der Waals surface area (Å²) in [6.45, 7) is 9.92. The second kappa shape index (κ2) is 14.5. The van der Waals surface area contributed by atoms with Gasteiger partial charge in [-0.05, 0) is 26.2 Å². The van der Waals surface area contributed by atoms with Gasteiger partial charge in [-0.1, -0.05) is 65.7 Å². The van der Waals surface area contributed by atoms with Crippen molar-refractivity contribution < 1.29 is 14.2 Å². The molecule has 2 unspecified atom stereocenters. The summed E-state index contributed by atoms with van der Waals surface area (Å²) in [6, 6.07) is 0. The van der Waals surface area contributed by atoms with Gasteiger partial charge >= 0.3 is 0 Å². The Hall–Kier alpha value is -0.120. The molecule has 0 radical (unpaired) electrons. The minimum atomic E-state index is -0.843.